The Bertz CT molecular complexity index is 940. The lowest BCUT2D eigenvalue weighted by molar-refractivity contribution is -0.105. The molecule has 1 unspecified atom stereocenters. The van der Waals surface area contributed by atoms with Crippen LogP contribution in [0.5, 0.6) is 0 Å². The maximum absolute atomic E-state index is 14.6. The SMILES string of the molecule is Cc1cc(F)c(N2CCN(Cc3ccc(S(=O)C(C)C)cc3)CC2)cc1SCC(F)(F)F. The summed E-state index contributed by atoms with van der Waals surface area (Å²) in [6.07, 6.45) is -4.26. The van der Waals surface area contributed by atoms with Crippen molar-refractivity contribution in [3.8, 4) is 0 Å². The van der Waals surface area contributed by atoms with Gasteiger partial charge in [-0.15, -0.1) is 11.8 Å². The Morgan fingerprint density at radius 3 is 2.25 bits per heavy atom. The zero-order valence-corrected chi connectivity index (χ0v) is 20.0. The first-order valence-corrected chi connectivity index (χ1v) is 12.7. The van der Waals surface area contributed by atoms with E-state index in [1.807, 2.05) is 43.0 Å². The zero-order chi connectivity index (χ0) is 23.5. The van der Waals surface area contributed by atoms with Gasteiger partial charge in [-0.25, -0.2) is 4.39 Å². The molecule has 1 heterocycles. The van der Waals surface area contributed by atoms with E-state index in [4.69, 9.17) is 0 Å². The van der Waals surface area contributed by atoms with E-state index < -0.39 is 28.5 Å². The third-order valence-corrected chi connectivity index (χ3v) is 8.15. The van der Waals surface area contributed by atoms with Crippen LogP contribution in [0.1, 0.15) is 25.0 Å². The molecule has 0 aliphatic carbocycles. The monoisotopic (exact) mass is 488 g/mol. The summed E-state index contributed by atoms with van der Waals surface area (Å²) in [5.41, 5.74) is 2.00. The van der Waals surface area contributed by atoms with Gasteiger partial charge in [0.15, 0.2) is 0 Å². The minimum absolute atomic E-state index is 0.0727. The Labute approximate surface area is 193 Å². The van der Waals surface area contributed by atoms with Gasteiger partial charge in [0.05, 0.1) is 22.2 Å². The number of rotatable bonds is 7. The van der Waals surface area contributed by atoms with Gasteiger partial charge in [0.25, 0.3) is 0 Å². The van der Waals surface area contributed by atoms with Crippen LogP contribution in [0.15, 0.2) is 46.2 Å². The van der Waals surface area contributed by atoms with Crippen molar-refractivity contribution in [2.75, 3.05) is 36.8 Å². The Kier molecular flexibility index (Phi) is 8.27. The largest absolute Gasteiger partial charge is 0.398 e. The Morgan fingerprint density at radius 1 is 1.06 bits per heavy atom. The van der Waals surface area contributed by atoms with E-state index in [9.17, 15) is 21.8 Å². The van der Waals surface area contributed by atoms with E-state index in [0.717, 1.165) is 30.1 Å². The van der Waals surface area contributed by atoms with Crippen LogP contribution in [0, 0.1) is 12.7 Å². The van der Waals surface area contributed by atoms with Crippen LogP contribution < -0.4 is 4.90 Å². The van der Waals surface area contributed by atoms with E-state index in [2.05, 4.69) is 4.90 Å². The third-order valence-electron chi connectivity index (χ3n) is 5.34. The average molecular weight is 489 g/mol. The van der Waals surface area contributed by atoms with Crippen LogP contribution >= 0.6 is 11.8 Å². The lowest BCUT2D eigenvalue weighted by atomic mass is 10.1. The van der Waals surface area contributed by atoms with Crippen LogP contribution in [-0.4, -0.2) is 52.5 Å². The van der Waals surface area contributed by atoms with Crippen LogP contribution in [0.4, 0.5) is 23.2 Å². The van der Waals surface area contributed by atoms with Crippen molar-refractivity contribution in [2.45, 2.75) is 48.5 Å². The van der Waals surface area contributed by atoms with Gasteiger partial charge in [0, 0.05) is 47.8 Å². The molecule has 1 saturated heterocycles. The summed E-state index contributed by atoms with van der Waals surface area (Å²) in [4.78, 5) is 5.44. The number of alkyl halides is 3. The van der Waals surface area contributed by atoms with Gasteiger partial charge in [-0.2, -0.15) is 13.2 Å². The Hall–Kier alpha value is -1.58. The normalized spacial score (nSPS) is 16.6. The highest BCUT2D eigenvalue weighted by molar-refractivity contribution is 7.99. The predicted molar refractivity (Wildman–Crippen MR) is 123 cm³/mol. The Balaban J connectivity index is 1.60. The summed E-state index contributed by atoms with van der Waals surface area (Å²) in [6.45, 7) is 8.86. The number of benzene rings is 2. The quantitative estimate of drug-likeness (QED) is 0.373. The van der Waals surface area contributed by atoms with Crippen molar-refractivity contribution in [1.29, 1.82) is 0 Å². The molecule has 0 spiro atoms. The second-order valence-corrected chi connectivity index (χ2v) is 11.3. The number of nitrogens with zero attached hydrogens (tertiary/aromatic N) is 2. The zero-order valence-electron chi connectivity index (χ0n) is 18.4. The first-order valence-electron chi connectivity index (χ1n) is 10.5. The lowest BCUT2D eigenvalue weighted by Gasteiger charge is -2.36. The fourth-order valence-corrected chi connectivity index (χ4v) is 5.36. The van der Waals surface area contributed by atoms with E-state index >= 15 is 0 Å². The highest BCUT2D eigenvalue weighted by atomic mass is 32.2. The molecule has 0 N–H and O–H groups in total. The van der Waals surface area contributed by atoms with Crippen LogP contribution in [-0.2, 0) is 17.3 Å². The van der Waals surface area contributed by atoms with Gasteiger partial charge in [-0.3, -0.25) is 9.11 Å². The first-order chi connectivity index (χ1) is 15.0. The van der Waals surface area contributed by atoms with Crippen molar-refractivity contribution in [3.63, 3.8) is 0 Å². The number of anilines is 1. The molecule has 0 bridgehead atoms. The van der Waals surface area contributed by atoms with Crippen molar-refractivity contribution in [3.05, 3.63) is 53.3 Å². The van der Waals surface area contributed by atoms with Gasteiger partial charge in [-0.05, 0) is 42.3 Å². The van der Waals surface area contributed by atoms with Crippen LogP contribution in [0.3, 0.4) is 0 Å². The molecule has 0 saturated carbocycles. The predicted octanol–water partition coefficient (Wildman–Crippen LogP) is 5.63. The van der Waals surface area contributed by atoms with Gasteiger partial charge < -0.3 is 4.90 Å². The molecule has 9 heteroatoms. The fourth-order valence-electron chi connectivity index (χ4n) is 3.61. The fraction of sp³-hybridized carbons (Fsp3) is 0.478. The molecule has 2 aromatic carbocycles. The molecular formula is C23H28F4N2OS2. The second kappa shape index (κ2) is 10.6. The molecule has 2 aromatic rings. The molecule has 3 nitrogen and oxygen atoms in total. The topological polar surface area (TPSA) is 23.6 Å². The molecule has 1 fully saturated rings. The van der Waals surface area contributed by atoms with Crippen molar-refractivity contribution < 1.29 is 21.8 Å². The highest BCUT2D eigenvalue weighted by Crippen LogP contribution is 2.34. The van der Waals surface area contributed by atoms with E-state index in [-0.39, 0.29) is 5.25 Å². The summed E-state index contributed by atoms with van der Waals surface area (Å²) >= 11 is 0.697. The molecule has 0 amide bonds. The van der Waals surface area contributed by atoms with E-state index in [1.165, 1.54) is 6.07 Å². The molecule has 3 rings (SSSR count). The standard InChI is InChI=1S/C23H28F4N2OS2/c1-16(2)32(30)19-6-4-18(5-7-19)14-28-8-10-29(11-9-28)21-13-22(17(3)12-20(21)24)31-15-23(25,26)27/h4-7,12-13,16H,8-11,14-15H2,1-3H3. The number of hydrogen-bond acceptors (Lipinski definition) is 4. The van der Waals surface area contributed by atoms with E-state index in [1.54, 1.807) is 13.0 Å². The van der Waals surface area contributed by atoms with Gasteiger partial charge in [0.2, 0.25) is 0 Å². The smallest absolute Gasteiger partial charge is 0.367 e. The molecular weight excluding hydrogens is 460 g/mol. The molecule has 1 atom stereocenters. The van der Waals surface area contributed by atoms with Crippen molar-refractivity contribution in [1.82, 2.24) is 4.90 Å². The molecule has 1 aliphatic rings. The number of hydrogen-bond donors (Lipinski definition) is 0. The maximum Gasteiger partial charge on any atom is 0.398 e. The summed E-state index contributed by atoms with van der Waals surface area (Å²) < 4.78 is 64.6. The average Bonchev–Trinajstić information content (AvgIpc) is 2.73. The Morgan fingerprint density at radius 2 is 1.69 bits per heavy atom. The van der Waals surface area contributed by atoms with Gasteiger partial charge in [0.1, 0.15) is 5.82 Å². The number of thioether (sulfide) groups is 1. The van der Waals surface area contributed by atoms with Crippen molar-refractivity contribution >= 4 is 28.2 Å². The van der Waals surface area contributed by atoms with Crippen LogP contribution in [0.2, 0.25) is 0 Å². The summed E-state index contributed by atoms with van der Waals surface area (Å²) in [5, 5.41) is 0.0727. The molecule has 32 heavy (non-hydrogen) atoms. The van der Waals surface area contributed by atoms with Gasteiger partial charge >= 0.3 is 6.18 Å². The minimum atomic E-state index is -4.26. The minimum Gasteiger partial charge on any atom is -0.367 e. The molecule has 0 aromatic heterocycles. The molecule has 176 valence electrons. The van der Waals surface area contributed by atoms with E-state index in [0.29, 0.717) is 41.0 Å². The summed E-state index contributed by atoms with van der Waals surface area (Å²) in [5.74, 6) is -1.39. The summed E-state index contributed by atoms with van der Waals surface area (Å²) in [7, 11) is -1.01. The number of piperazine rings is 1. The number of aryl methyl sites for hydroxylation is 1. The first kappa shape index (κ1) is 25.1. The lowest BCUT2D eigenvalue weighted by Crippen LogP contribution is -2.46. The highest BCUT2D eigenvalue weighted by Gasteiger charge is 2.28. The third kappa shape index (κ3) is 6.71. The van der Waals surface area contributed by atoms with Gasteiger partial charge in [-0.1, -0.05) is 26.0 Å². The molecule has 1 aliphatic heterocycles. The maximum atomic E-state index is 14.6. The summed E-state index contributed by atoms with van der Waals surface area (Å²) in [6, 6.07) is 10.7. The second-order valence-electron chi connectivity index (χ2n) is 8.23. The number of halogens is 4. The van der Waals surface area contributed by atoms with Crippen LogP contribution in [0.25, 0.3) is 0 Å². The molecule has 0 radical (unpaired) electrons. The van der Waals surface area contributed by atoms with Crippen molar-refractivity contribution in [2.24, 2.45) is 0 Å².